The van der Waals surface area contributed by atoms with Gasteiger partial charge in [0.15, 0.2) is 0 Å². The minimum absolute atomic E-state index is 0.220. The molecule has 0 heterocycles. The Morgan fingerprint density at radius 1 is 1.46 bits per heavy atom. The van der Waals surface area contributed by atoms with Gasteiger partial charge in [-0.2, -0.15) is 0 Å². The summed E-state index contributed by atoms with van der Waals surface area (Å²) >= 11 is 0. The molecule has 0 bridgehead atoms. The lowest BCUT2D eigenvalue weighted by molar-refractivity contribution is 0.0805. The molecule has 78 valence electrons. The number of ether oxygens (including phenoxy) is 1. The minimum atomic E-state index is 0.220. The largest absolute Gasteiger partial charge is 0.377 e. The predicted octanol–water partition coefficient (Wildman–Crippen LogP) is 2.21. The Morgan fingerprint density at radius 3 is 2.69 bits per heavy atom. The van der Waals surface area contributed by atoms with Crippen molar-refractivity contribution in [1.29, 1.82) is 0 Å². The fourth-order valence-electron chi connectivity index (χ4n) is 1.07. The fourth-order valence-corrected chi connectivity index (χ4v) is 1.07. The van der Waals surface area contributed by atoms with E-state index in [0.717, 1.165) is 19.7 Å². The molecule has 0 rings (SSSR count). The van der Waals surface area contributed by atoms with E-state index < -0.39 is 0 Å². The summed E-state index contributed by atoms with van der Waals surface area (Å²) in [6, 6.07) is 0. The van der Waals surface area contributed by atoms with E-state index >= 15 is 0 Å². The van der Waals surface area contributed by atoms with Crippen molar-refractivity contribution in [3.63, 3.8) is 0 Å². The van der Waals surface area contributed by atoms with Gasteiger partial charge in [-0.05, 0) is 13.0 Å². The summed E-state index contributed by atoms with van der Waals surface area (Å²) in [6.45, 7) is 13.7. The summed E-state index contributed by atoms with van der Waals surface area (Å²) in [4.78, 5) is 0. The van der Waals surface area contributed by atoms with E-state index in [2.05, 4.69) is 32.7 Å². The van der Waals surface area contributed by atoms with Crippen LogP contribution in [-0.2, 0) is 4.74 Å². The lowest BCUT2D eigenvalue weighted by Crippen LogP contribution is -2.33. The van der Waals surface area contributed by atoms with E-state index in [1.807, 2.05) is 0 Å². The molecule has 0 fully saturated rings. The van der Waals surface area contributed by atoms with Crippen LogP contribution >= 0.6 is 0 Å². The van der Waals surface area contributed by atoms with Gasteiger partial charge >= 0.3 is 0 Å². The van der Waals surface area contributed by atoms with E-state index in [4.69, 9.17) is 4.74 Å². The van der Waals surface area contributed by atoms with Crippen LogP contribution in [0.3, 0.4) is 0 Å². The third-order valence-electron chi connectivity index (χ3n) is 1.76. The fraction of sp³-hybridized carbons (Fsp3) is 0.818. The zero-order valence-electron chi connectivity index (χ0n) is 9.23. The molecule has 2 nitrogen and oxygen atoms in total. The monoisotopic (exact) mass is 185 g/mol. The van der Waals surface area contributed by atoms with Crippen molar-refractivity contribution in [2.45, 2.75) is 27.2 Å². The maximum absolute atomic E-state index is 5.42. The van der Waals surface area contributed by atoms with E-state index in [9.17, 15) is 0 Å². The summed E-state index contributed by atoms with van der Waals surface area (Å²) in [5.41, 5.74) is 0.220. The highest BCUT2D eigenvalue weighted by Crippen LogP contribution is 2.13. The summed E-state index contributed by atoms with van der Waals surface area (Å²) < 4.78 is 5.42. The van der Waals surface area contributed by atoms with Crippen LogP contribution in [0.15, 0.2) is 12.7 Å². The Kier molecular flexibility index (Phi) is 6.92. The third kappa shape index (κ3) is 8.00. The molecule has 2 heteroatoms. The Hall–Kier alpha value is -0.340. The Bertz CT molecular complexity index is 132. The van der Waals surface area contributed by atoms with E-state index in [0.29, 0.717) is 6.61 Å². The maximum atomic E-state index is 5.42. The molecule has 0 spiro atoms. The average Bonchev–Trinajstić information content (AvgIpc) is 2.05. The first-order valence-electron chi connectivity index (χ1n) is 5.02. The number of hydrogen-bond donors (Lipinski definition) is 1. The molecule has 0 aromatic heterocycles. The van der Waals surface area contributed by atoms with Crippen molar-refractivity contribution >= 4 is 0 Å². The quantitative estimate of drug-likeness (QED) is 0.462. The second-order valence-corrected chi connectivity index (χ2v) is 4.14. The van der Waals surface area contributed by atoms with Crippen LogP contribution in [0.4, 0.5) is 0 Å². The standard InChI is InChI=1S/C11H23NO/c1-5-7-12-9-11(3,4)10-13-8-6-2/h6,12H,2,5,7-10H2,1,3-4H3. The summed E-state index contributed by atoms with van der Waals surface area (Å²) in [7, 11) is 0. The molecule has 0 saturated carbocycles. The second-order valence-electron chi connectivity index (χ2n) is 4.14. The van der Waals surface area contributed by atoms with E-state index in [-0.39, 0.29) is 5.41 Å². The highest BCUT2D eigenvalue weighted by Gasteiger charge is 2.16. The zero-order valence-corrected chi connectivity index (χ0v) is 9.23. The van der Waals surface area contributed by atoms with Gasteiger partial charge < -0.3 is 10.1 Å². The van der Waals surface area contributed by atoms with Gasteiger partial charge in [-0.1, -0.05) is 26.8 Å². The lowest BCUT2D eigenvalue weighted by Gasteiger charge is -2.24. The molecular weight excluding hydrogens is 162 g/mol. The van der Waals surface area contributed by atoms with Crippen LogP contribution in [0.2, 0.25) is 0 Å². The van der Waals surface area contributed by atoms with Crippen LogP contribution in [0, 0.1) is 5.41 Å². The van der Waals surface area contributed by atoms with Gasteiger partial charge in [0.1, 0.15) is 0 Å². The van der Waals surface area contributed by atoms with Gasteiger partial charge in [-0.15, -0.1) is 6.58 Å². The Labute approximate surface area is 82.4 Å². The van der Waals surface area contributed by atoms with Gasteiger partial charge in [0.25, 0.3) is 0 Å². The molecule has 0 saturated heterocycles. The molecular formula is C11H23NO. The summed E-state index contributed by atoms with van der Waals surface area (Å²) in [5.74, 6) is 0. The van der Waals surface area contributed by atoms with Crippen LogP contribution in [0.5, 0.6) is 0 Å². The highest BCUT2D eigenvalue weighted by molar-refractivity contribution is 4.72. The van der Waals surface area contributed by atoms with Crippen LogP contribution < -0.4 is 5.32 Å². The molecule has 0 aliphatic carbocycles. The predicted molar refractivity (Wildman–Crippen MR) is 58.0 cm³/mol. The third-order valence-corrected chi connectivity index (χ3v) is 1.76. The molecule has 0 aliphatic heterocycles. The first-order chi connectivity index (χ1) is 6.12. The van der Waals surface area contributed by atoms with Crippen molar-refractivity contribution < 1.29 is 4.74 Å². The van der Waals surface area contributed by atoms with Gasteiger partial charge in [0, 0.05) is 12.0 Å². The van der Waals surface area contributed by atoms with Crippen LogP contribution in [-0.4, -0.2) is 26.3 Å². The molecule has 0 aliphatic rings. The summed E-state index contributed by atoms with van der Waals surface area (Å²) in [6.07, 6.45) is 2.97. The maximum Gasteiger partial charge on any atom is 0.0645 e. The van der Waals surface area contributed by atoms with Gasteiger partial charge in [-0.25, -0.2) is 0 Å². The molecule has 0 unspecified atom stereocenters. The normalized spacial score (nSPS) is 11.6. The van der Waals surface area contributed by atoms with Crippen molar-refractivity contribution in [3.05, 3.63) is 12.7 Å². The molecule has 0 radical (unpaired) electrons. The zero-order chi connectivity index (χ0) is 10.2. The number of nitrogens with one attached hydrogen (secondary N) is 1. The SMILES string of the molecule is C=CCOCC(C)(C)CNCCC. The van der Waals surface area contributed by atoms with Gasteiger partial charge in [0.2, 0.25) is 0 Å². The van der Waals surface area contributed by atoms with Crippen molar-refractivity contribution in [2.75, 3.05) is 26.3 Å². The van der Waals surface area contributed by atoms with Gasteiger partial charge in [0.05, 0.1) is 13.2 Å². The molecule has 0 aromatic rings. The topological polar surface area (TPSA) is 21.3 Å². The van der Waals surface area contributed by atoms with E-state index in [1.54, 1.807) is 6.08 Å². The van der Waals surface area contributed by atoms with Crippen LogP contribution in [0.1, 0.15) is 27.2 Å². The Balaban J connectivity index is 3.47. The first kappa shape index (κ1) is 12.7. The molecule has 0 aromatic carbocycles. The molecule has 13 heavy (non-hydrogen) atoms. The van der Waals surface area contributed by atoms with Crippen molar-refractivity contribution in [3.8, 4) is 0 Å². The molecule has 0 amide bonds. The van der Waals surface area contributed by atoms with Crippen molar-refractivity contribution in [1.82, 2.24) is 5.32 Å². The molecule has 1 N–H and O–H groups in total. The lowest BCUT2D eigenvalue weighted by atomic mass is 9.95. The average molecular weight is 185 g/mol. The number of rotatable bonds is 8. The summed E-state index contributed by atoms with van der Waals surface area (Å²) in [5, 5.41) is 3.40. The van der Waals surface area contributed by atoms with E-state index in [1.165, 1.54) is 6.42 Å². The molecule has 0 atom stereocenters. The van der Waals surface area contributed by atoms with Gasteiger partial charge in [-0.3, -0.25) is 0 Å². The highest BCUT2D eigenvalue weighted by atomic mass is 16.5. The Morgan fingerprint density at radius 2 is 2.15 bits per heavy atom. The smallest absolute Gasteiger partial charge is 0.0645 e. The minimum Gasteiger partial charge on any atom is -0.377 e. The van der Waals surface area contributed by atoms with Crippen LogP contribution in [0.25, 0.3) is 0 Å². The van der Waals surface area contributed by atoms with Crippen molar-refractivity contribution in [2.24, 2.45) is 5.41 Å². The first-order valence-corrected chi connectivity index (χ1v) is 5.02. The second kappa shape index (κ2) is 7.10. The number of hydrogen-bond acceptors (Lipinski definition) is 2.